The van der Waals surface area contributed by atoms with E-state index in [9.17, 15) is 4.79 Å². The van der Waals surface area contributed by atoms with Gasteiger partial charge in [-0.2, -0.15) is 0 Å². The predicted molar refractivity (Wildman–Crippen MR) is 81.0 cm³/mol. The van der Waals surface area contributed by atoms with Crippen LogP contribution in [0.25, 0.3) is 0 Å². The number of piperazine rings is 1. The molecule has 1 aromatic heterocycles. The van der Waals surface area contributed by atoms with Crippen LogP contribution < -0.4 is 5.32 Å². The van der Waals surface area contributed by atoms with Crippen molar-refractivity contribution in [3.8, 4) is 0 Å². The normalized spacial score (nSPS) is 16.5. The number of nitrogens with zero attached hydrogens (tertiary/aromatic N) is 3. The van der Waals surface area contributed by atoms with Crippen molar-refractivity contribution in [1.82, 2.24) is 14.8 Å². The number of amides is 1. The average molecular weight is 276 g/mol. The lowest BCUT2D eigenvalue weighted by Gasteiger charge is -2.35. The fourth-order valence-electron chi connectivity index (χ4n) is 2.60. The third-order valence-corrected chi connectivity index (χ3v) is 3.60. The molecule has 1 N–H and O–H groups in total. The van der Waals surface area contributed by atoms with Crippen molar-refractivity contribution < 1.29 is 4.79 Å². The van der Waals surface area contributed by atoms with Crippen LogP contribution in [0.15, 0.2) is 18.5 Å². The number of hydrogen-bond acceptors (Lipinski definition) is 4. The minimum atomic E-state index is 0.0756. The molecule has 0 atom stereocenters. The molecule has 1 aliphatic rings. The number of carbonyl (C=O) groups excluding carboxylic acids is 1. The van der Waals surface area contributed by atoms with E-state index in [0.717, 1.165) is 38.4 Å². The minimum absolute atomic E-state index is 0.0756. The molecule has 1 amide bonds. The van der Waals surface area contributed by atoms with Gasteiger partial charge in [-0.05, 0) is 12.0 Å². The van der Waals surface area contributed by atoms with E-state index in [1.54, 1.807) is 12.4 Å². The Morgan fingerprint density at radius 2 is 2.05 bits per heavy atom. The van der Waals surface area contributed by atoms with Crippen LogP contribution in [0, 0.1) is 5.92 Å². The first-order valence-corrected chi connectivity index (χ1v) is 7.25. The summed E-state index contributed by atoms with van der Waals surface area (Å²) >= 11 is 0. The first kappa shape index (κ1) is 14.8. The number of anilines is 1. The Kier molecular flexibility index (Phi) is 4.95. The molecule has 2 rings (SSSR count). The topological polar surface area (TPSA) is 48.5 Å². The Labute approximate surface area is 121 Å². The molecule has 0 aliphatic carbocycles. The molecular formula is C15H24N4O. The van der Waals surface area contributed by atoms with Crippen LogP contribution in [-0.2, 0) is 0 Å². The molecule has 5 heteroatoms. The van der Waals surface area contributed by atoms with Gasteiger partial charge in [0.25, 0.3) is 5.91 Å². The van der Waals surface area contributed by atoms with E-state index in [-0.39, 0.29) is 5.91 Å². The summed E-state index contributed by atoms with van der Waals surface area (Å²) in [6.45, 7) is 9.07. The van der Waals surface area contributed by atoms with Crippen molar-refractivity contribution in [3.63, 3.8) is 0 Å². The van der Waals surface area contributed by atoms with Gasteiger partial charge in [0.1, 0.15) is 0 Å². The molecule has 1 fully saturated rings. The number of nitrogens with one attached hydrogen (secondary N) is 1. The summed E-state index contributed by atoms with van der Waals surface area (Å²) in [5.74, 6) is 0.748. The summed E-state index contributed by atoms with van der Waals surface area (Å²) in [7, 11) is 1.83. The Hall–Kier alpha value is -1.62. The fraction of sp³-hybridized carbons (Fsp3) is 0.600. The van der Waals surface area contributed by atoms with Crippen molar-refractivity contribution in [2.24, 2.45) is 5.92 Å². The van der Waals surface area contributed by atoms with Gasteiger partial charge in [-0.15, -0.1) is 0 Å². The van der Waals surface area contributed by atoms with Crippen LogP contribution in [0.5, 0.6) is 0 Å². The third-order valence-electron chi connectivity index (χ3n) is 3.60. The van der Waals surface area contributed by atoms with Gasteiger partial charge in [-0.1, -0.05) is 13.8 Å². The van der Waals surface area contributed by atoms with Gasteiger partial charge < -0.3 is 10.2 Å². The van der Waals surface area contributed by atoms with E-state index in [1.807, 2.05) is 18.0 Å². The first-order chi connectivity index (χ1) is 9.61. The predicted octanol–water partition coefficient (Wildman–Crippen LogP) is 1.54. The zero-order valence-electron chi connectivity index (χ0n) is 12.6. The molecule has 5 nitrogen and oxygen atoms in total. The Morgan fingerprint density at radius 1 is 1.35 bits per heavy atom. The first-order valence-electron chi connectivity index (χ1n) is 7.25. The third kappa shape index (κ3) is 3.48. The lowest BCUT2D eigenvalue weighted by atomic mass is 10.1. The van der Waals surface area contributed by atoms with Crippen molar-refractivity contribution in [2.75, 3.05) is 45.1 Å². The highest BCUT2D eigenvalue weighted by atomic mass is 16.2. The van der Waals surface area contributed by atoms with Crippen LogP contribution >= 0.6 is 0 Å². The van der Waals surface area contributed by atoms with Gasteiger partial charge in [0.2, 0.25) is 0 Å². The second kappa shape index (κ2) is 6.70. The SMILES string of the molecule is CNc1ccncc1C(=O)N1CCN(CC(C)C)CC1. The zero-order chi connectivity index (χ0) is 14.5. The fourth-order valence-corrected chi connectivity index (χ4v) is 2.60. The van der Waals surface area contributed by atoms with Crippen LogP contribution in [0.2, 0.25) is 0 Å². The van der Waals surface area contributed by atoms with Gasteiger partial charge in [0.05, 0.1) is 5.56 Å². The summed E-state index contributed by atoms with van der Waals surface area (Å²) in [6, 6.07) is 1.84. The molecular weight excluding hydrogens is 252 g/mol. The molecule has 2 heterocycles. The summed E-state index contributed by atoms with van der Waals surface area (Å²) in [4.78, 5) is 21.0. The Bertz CT molecular complexity index is 453. The second-order valence-electron chi connectivity index (χ2n) is 5.66. The number of rotatable bonds is 4. The maximum absolute atomic E-state index is 12.5. The molecule has 0 bridgehead atoms. The number of aromatic nitrogens is 1. The highest BCUT2D eigenvalue weighted by Gasteiger charge is 2.23. The summed E-state index contributed by atoms with van der Waals surface area (Å²) < 4.78 is 0. The highest BCUT2D eigenvalue weighted by Crippen LogP contribution is 2.16. The Morgan fingerprint density at radius 3 is 2.65 bits per heavy atom. The molecule has 1 aromatic rings. The summed E-state index contributed by atoms with van der Waals surface area (Å²) in [5, 5.41) is 3.05. The minimum Gasteiger partial charge on any atom is -0.387 e. The molecule has 0 spiro atoms. The molecule has 0 saturated carbocycles. The zero-order valence-corrected chi connectivity index (χ0v) is 12.6. The van der Waals surface area contributed by atoms with E-state index in [0.29, 0.717) is 11.5 Å². The second-order valence-corrected chi connectivity index (χ2v) is 5.66. The van der Waals surface area contributed by atoms with Crippen molar-refractivity contribution >= 4 is 11.6 Å². The van der Waals surface area contributed by atoms with Crippen LogP contribution in [0.1, 0.15) is 24.2 Å². The lowest BCUT2D eigenvalue weighted by Crippen LogP contribution is -2.49. The smallest absolute Gasteiger partial charge is 0.257 e. The van der Waals surface area contributed by atoms with Crippen LogP contribution in [-0.4, -0.2) is 60.5 Å². The molecule has 20 heavy (non-hydrogen) atoms. The molecule has 110 valence electrons. The molecule has 1 saturated heterocycles. The average Bonchev–Trinajstić information content (AvgIpc) is 2.46. The quantitative estimate of drug-likeness (QED) is 0.906. The maximum atomic E-state index is 12.5. The van der Waals surface area contributed by atoms with Gasteiger partial charge in [-0.3, -0.25) is 14.7 Å². The van der Waals surface area contributed by atoms with E-state index < -0.39 is 0 Å². The van der Waals surface area contributed by atoms with Crippen LogP contribution in [0.3, 0.4) is 0 Å². The number of carbonyl (C=O) groups is 1. The van der Waals surface area contributed by atoms with E-state index in [4.69, 9.17) is 0 Å². The van der Waals surface area contributed by atoms with Crippen LogP contribution in [0.4, 0.5) is 5.69 Å². The van der Waals surface area contributed by atoms with Crippen molar-refractivity contribution in [1.29, 1.82) is 0 Å². The van der Waals surface area contributed by atoms with E-state index in [1.165, 1.54) is 0 Å². The number of hydrogen-bond donors (Lipinski definition) is 1. The molecule has 0 radical (unpaired) electrons. The van der Waals surface area contributed by atoms with Gasteiger partial charge in [-0.25, -0.2) is 0 Å². The number of pyridine rings is 1. The van der Waals surface area contributed by atoms with Crippen molar-refractivity contribution in [3.05, 3.63) is 24.0 Å². The molecule has 1 aliphatic heterocycles. The largest absolute Gasteiger partial charge is 0.387 e. The van der Waals surface area contributed by atoms with E-state index >= 15 is 0 Å². The monoisotopic (exact) mass is 276 g/mol. The molecule has 0 aromatic carbocycles. The highest BCUT2D eigenvalue weighted by molar-refractivity contribution is 5.99. The maximum Gasteiger partial charge on any atom is 0.257 e. The lowest BCUT2D eigenvalue weighted by molar-refractivity contribution is 0.0624. The van der Waals surface area contributed by atoms with Crippen molar-refractivity contribution in [2.45, 2.75) is 13.8 Å². The van der Waals surface area contributed by atoms with Gasteiger partial charge in [0.15, 0.2) is 0 Å². The van der Waals surface area contributed by atoms with E-state index in [2.05, 4.69) is 29.0 Å². The molecule has 0 unspecified atom stereocenters. The standard InChI is InChI=1S/C15H24N4O/c1-12(2)11-18-6-8-19(9-7-18)15(20)13-10-17-5-4-14(13)16-3/h4-5,10,12H,6-9,11H2,1-3H3,(H,16,17). The Balaban J connectivity index is 1.98. The summed E-state index contributed by atoms with van der Waals surface area (Å²) in [6.07, 6.45) is 3.35. The summed E-state index contributed by atoms with van der Waals surface area (Å²) in [5.41, 5.74) is 1.50. The van der Waals surface area contributed by atoms with Gasteiger partial charge in [0, 0.05) is 57.9 Å². The van der Waals surface area contributed by atoms with Gasteiger partial charge >= 0.3 is 0 Å².